The Labute approximate surface area is 130 Å². The van der Waals surface area contributed by atoms with E-state index in [1.54, 1.807) is 0 Å². The Morgan fingerprint density at radius 1 is 1.00 bits per heavy atom. The van der Waals surface area contributed by atoms with Crippen LogP contribution in [0.2, 0.25) is 0 Å². The summed E-state index contributed by atoms with van der Waals surface area (Å²) in [6, 6.07) is 0. The van der Waals surface area contributed by atoms with E-state index in [0.717, 1.165) is 39.1 Å². The van der Waals surface area contributed by atoms with E-state index in [1.807, 2.05) is 5.32 Å². The lowest BCUT2D eigenvalue weighted by molar-refractivity contribution is -0.141. The number of piperidine rings is 2. The van der Waals surface area contributed by atoms with E-state index < -0.39 is 18.6 Å². The molecule has 7 heteroatoms. The first-order chi connectivity index (χ1) is 10.4. The molecule has 0 aliphatic carbocycles. The van der Waals surface area contributed by atoms with Crippen molar-refractivity contribution < 1.29 is 18.0 Å². The fraction of sp³-hybridized carbons (Fsp3) is 0.933. The molecule has 2 saturated heterocycles. The molecule has 2 fully saturated rings. The Balaban J connectivity index is 1.70. The van der Waals surface area contributed by atoms with Crippen LogP contribution < -0.4 is 5.32 Å². The summed E-state index contributed by atoms with van der Waals surface area (Å²) >= 11 is 0. The zero-order chi connectivity index (χ0) is 16.0. The van der Waals surface area contributed by atoms with Gasteiger partial charge < -0.3 is 15.1 Å². The summed E-state index contributed by atoms with van der Waals surface area (Å²) in [5.41, 5.74) is 0. The number of carbonyl (C=O) groups excluding carboxylic acids is 1. The molecule has 4 nitrogen and oxygen atoms in total. The van der Waals surface area contributed by atoms with Crippen LogP contribution in [0.1, 0.15) is 32.1 Å². The van der Waals surface area contributed by atoms with E-state index in [9.17, 15) is 18.0 Å². The Kier molecular flexibility index (Phi) is 6.50. The van der Waals surface area contributed by atoms with Crippen LogP contribution in [0.4, 0.5) is 13.2 Å². The highest BCUT2D eigenvalue weighted by Gasteiger charge is 2.31. The molecule has 0 unspecified atom stereocenters. The lowest BCUT2D eigenvalue weighted by atomic mass is 9.97. The van der Waals surface area contributed by atoms with Crippen LogP contribution in [0, 0.1) is 5.92 Å². The second-order valence-electron chi connectivity index (χ2n) is 6.38. The number of likely N-dealkylation sites (tertiary alicyclic amines) is 2. The molecular weight excluding hydrogens is 295 g/mol. The first-order valence-electron chi connectivity index (χ1n) is 8.23. The van der Waals surface area contributed by atoms with Crippen LogP contribution in [-0.4, -0.2) is 67.7 Å². The molecule has 2 aliphatic rings. The highest BCUT2D eigenvalue weighted by Crippen LogP contribution is 2.18. The number of amides is 1. The van der Waals surface area contributed by atoms with Gasteiger partial charge in [-0.25, -0.2) is 0 Å². The van der Waals surface area contributed by atoms with Gasteiger partial charge in [-0.15, -0.1) is 0 Å². The Hall–Kier alpha value is -0.820. The number of hydrogen-bond donors (Lipinski definition) is 1. The number of nitrogens with zero attached hydrogens (tertiary/aromatic N) is 2. The lowest BCUT2D eigenvalue weighted by Gasteiger charge is -2.34. The second-order valence-corrected chi connectivity index (χ2v) is 6.38. The maximum atomic E-state index is 12.2. The van der Waals surface area contributed by atoms with Gasteiger partial charge in [-0.05, 0) is 45.3 Å². The lowest BCUT2D eigenvalue weighted by Crippen LogP contribution is -2.47. The minimum absolute atomic E-state index is 0.308. The topological polar surface area (TPSA) is 35.6 Å². The van der Waals surface area contributed by atoms with Gasteiger partial charge in [0, 0.05) is 19.6 Å². The van der Waals surface area contributed by atoms with Crippen molar-refractivity contribution in [2.45, 2.75) is 38.3 Å². The summed E-state index contributed by atoms with van der Waals surface area (Å²) in [4.78, 5) is 16.5. The molecule has 128 valence electrons. The zero-order valence-electron chi connectivity index (χ0n) is 13.0. The zero-order valence-corrected chi connectivity index (χ0v) is 13.0. The van der Waals surface area contributed by atoms with Crippen LogP contribution in [0.15, 0.2) is 0 Å². The molecule has 2 heterocycles. The summed E-state index contributed by atoms with van der Waals surface area (Å²) in [6.45, 7) is 4.48. The first-order valence-corrected chi connectivity index (χ1v) is 8.23. The average Bonchev–Trinajstić information content (AvgIpc) is 2.51. The van der Waals surface area contributed by atoms with E-state index in [4.69, 9.17) is 0 Å². The molecule has 0 aromatic carbocycles. The van der Waals surface area contributed by atoms with Crippen molar-refractivity contribution in [3.05, 3.63) is 0 Å². The molecule has 0 spiro atoms. The predicted molar refractivity (Wildman–Crippen MR) is 78.5 cm³/mol. The number of halogens is 3. The van der Waals surface area contributed by atoms with Crippen LogP contribution >= 0.6 is 0 Å². The summed E-state index contributed by atoms with van der Waals surface area (Å²) in [7, 11) is 0. The Morgan fingerprint density at radius 3 is 2.32 bits per heavy atom. The van der Waals surface area contributed by atoms with Crippen molar-refractivity contribution in [3.63, 3.8) is 0 Å². The minimum atomic E-state index is -4.34. The molecule has 0 saturated carbocycles. The van der Waals surface area contributed by atoms with Crippen LogP contribution in [0.5, 0.6) is 0 Å². The molecule has 0 radical (unpaired) electrons. The molecule has 1 N–H and O–H groups in total. The van der Waals surface area contributed by atoms with Gasteiger partial charge in [-0.2, -0.15) is 13.2 Å². The number of nitrogens with one attached hydrogen (secondary N) is 1. The molecule has 0 aromatic heterocycles. The monoisotopic (exact) mass is 321 g/mol. The van der Waals surface area contributed by atoms with E-state index in [2.05, 4.69) is 9.80 Å². The largest absolute Gasteiger partial charge is 0.405 e. The van der Waals surface area contributed by atoms with Crippen molar-refractivity contribution in [1.82, 2.24) is 15.1 Å². The molecule has 22 heavy (non-hydrogen) atoms. The third-order valence-corrected chi connectivity index (χ3v) is 4.52. The standard InChI is InChI=1S/C15H26F3N3O/c16-15(17,18)12-19-14(22)13-5-4-8-21(11-13)10-9-20-6-2-1-3-7-20/h13H,1-12H2,(H,19,22)/t13-/m0/s1. The van der Waals surface area contributed by atoms with Crippen molar-refractivity contribution in [2.24, 2.45) is 5.92 Å². The number of hydrogen-bond acceptors (Lipinski definition) is 3. The molecule has 2 rings (SSSR count). The highest BCUT2D eigenvalue weighted by molar-refractivity contribution is 5.79. The van der Waals surface area contributed by atoms with Crippen LogP contribution in [0.3, 0.4) is 0 Å². The Bertz CT molecular complexity index is 356. The number of carbonyl (C=O) groups is 1. The molecular formula is C15H26F3N3O. The van der Waals surface area contributed by atoms with Gasteiger partial charge in [0.1, 0.15) is 6.54 Å². The van der Waals surface area contributed by atoms with E-state index in [-0.39, 0.29) is 5.92 Å². The average molecular weight is 321 g/mol. The quantitative estimate of drug-likeness (QED) is 0.840. The summed E-state index contributed by atoms with van der Waals surface area (Å²) in [6.07, 6.45) is 1.04. The second kappa shape index (κ2) is 8.15. The molecule has 1 atom stereocenters. The number of rotatable bonds is 5. The normalized spacial score (nSPS) is 25.1. The summed E-state index contributed by atoms with van der Waals surface area (Å²) in [5.74, 6) is -0.766. The van der Waals surface area contributed by atoms with Gasteiger partial charge in [-0.3, -0.25) is 4.79 Å². The van der Waals surface area contributed by atoms with E-state index in [1.165, 1.54) is 19.3 Å². The fourth-order valence-corrected chi connectivity index (χ4v) is 3.27. The molecule has 1 amide bonds. The minimum Gasteiger partial charge on any atom is -0.347 e. The third-order valence-electron chi connectivity index (χ3n) is 4.52. The van der Waals surface area contributed by atoms with Gasteiger partial charge in [0.2, 0.25) is 5.91 Å². The molecule has 2 aliphatic heterocycles. The van der Waals surface area contributed by atoms with E-state index >= 15 is 0 Å². The van der Waals surface area contributed by atoms with Gasteiger partial charge >= 0.3 is 6.18 Å². The number of alkyl halides is 3. The maximum absolute atomic E-state index is 12.2. The van der Waals surface area contributed by atoms with Crippen molar-refractivity contribution in [3.8, 4) is 0 Å². The summed E-state index contributed by atoms with van der Waals surface area (Å²) < 4.78 is 36.5. The van der Waals surface area contributed by atoms with E-state index in [0.29, 0.717) is 13.0 Å². The van der Waals surface area contributed by atoms with Crippen molar-refractivity contribution in [2.75, 3.05) is 45.8 Å². The predicted octanol–water partition coefficient (Wildman–Crippen LogP) is 1.86. The van der Waals surface area contributed by atoms with Gasteiger partial charge in [0.05, 0.1) is 5.92 Å². The molecule has 0 aromatic rings. The first kappa shape index (κ1) is 17.5. The third kappa shape index (κ3) is 6.12. The van der Waals surface area contributed by atoms with Gasteiger partial charge in [-0.1, -0.05) is 6.42 Å². The SMILES string of the molecule is O=C(NCC(F)(F)F)[C@H]1CCCN(CCN2CCCCC2)C1. The van der Waals surface area contributed by atoms with Gasteiger partial charge in [0.15, 0.2) is 0 Å². The van der Waals surface area contributed by atoms with Crippen LogP contribution in [-0.2, 0) is 4.79 Å². The highest BCUT2D eigenvalue weighted by atomic mass is 19.4. The Morgan fingerprint density at radius 2 is 1.64 bits per heavy atom. The summed E-state index contributed by atoms with van der Waals surface area (Å²) in [5, 5.41) is 2.02. The maximum Gasteiger partial charge on any atom is 0.405 e. The van der Waals surface area contributed by atoms with Crippen LogP contribution in [0.25, 0.3) is 0 Å². The van der Waals surface area contributed by atoms with Crippen molar-refractivity contribution in [1.29, 1.82) is 0 Å². The fourth-order valence-electron chi connectivity index (χ4n) is 3.27. The smallest absolute Gasteiger partial charge is 0.347 e. The van der Waals surface area contributed by atoms with Crippen molar-refractivity contribution >= 4 is 5.91 Å². The molecule has 0 bridgehead atoms. The van der Waals surface area contributed by atoms with Gasteiger partial charge in [0.25, 0.3) is 0 Å².